The minimum atomic E-state index is -0.0506. The number of carbonyl (C=O) groups is 1. The van der Waals surface area contributed by atoms with Crippen LogP contribution in [0.4, 0.5) is 0 Å². The molecule has 78 valence electrons. The third kappa shape index (κ3) is 2.97. The van der Waals surface area contributed by atoms with Crippen molar-refractivity contribution in [1.82, 2.24) is 4.90 Å². The van der Waals surface area contributed by atoms with Crippen LogP contribution >= 0.6 is 0 Å². The first kappa shape index (κ1) is 10.9. The molecular formula is C10H15NO3. The second-order valence-corrected chi connectivity index (χ2v) is 2.99. The van der Waals surface area contributed by atoms with E-state index in [-0.39, 0.29) is 12.4 Å². The quantitative estimate of drug-likeness (QED) is 0.684. The molecule has 1 N–H and O–H groups in total. The molecule has 0 aliphatic heterocycles. The molecule has 1 aromatic heterocycles. The summed E-state index contributed by atoms with van der Waals surface area (Å²) in [5.41, 5.74) is 0. The fraction of sp³-hybridized carbons (Fsp3) is 0.500. The van der Waals surface area contributed by atoms with Crippen molar-refractivity contribution in [3.63, 3.8) is 0 Å². The Kier molecular flexibility index (Phi) is 4.35. The zero-order valence-corrected chi connectivity index (χ0v) is 8.27. The molecule has 0 radical (unpaired) electrons. The molecule has 14 heavy (non-hydrogen) atoms. The second-order valence-electron chi connectivity index (χ2n) is 2.99. The maximum Gasteiger partial charge on any atom is 0.211 e. The number of ketones is 1. The molecular weight excluding hydrogens is 182 g/mol. The summed E-state index contributed by atoms with van der Waals surface area (Å²) in [5, 5.41) is 8.73. The van der Waals surface area contributed by atoms with Crippen molar-refractivity contribution in [2.45, 2.75) is 6.92 Å². The zero-order valence-electron chi connectivity index (χ0n) is 8.27. The molecule has 0 aliphatic carbocycles. The van der Waals surface area contributed by atoms with Crippen LogP contribution in [-0.2, 0) is 0 Å². The standard InChI is InChI=1S/C10H15NO3/c1-2-11(5-6-12)8-9(13)10-4-3-7-14-10/h3-4,7,12H,2,5-6,8H2,1H3. The van der Waals surface area contributed by atoms with Crippen molar-refractivity contribution >= 4 is 5.78 Å². The minimum Gasteiger partial charge on any atom is -0.461 e. The van der Waals surface area contributed by atoms with Gasteiger partial charge in [0.05, 0.1) is 19.4 Å². The van der Waals surface area contributed by atoms with E-state index >= 15 is 0 Å². The molecule has 0 saturated heterocycles. The molecule has 1 aromatic rings. The first-order valence-corrected chi connectivity index (χ1v) is 4.67. The highest BCUT2D eigenvalue weighted by Crippen LogP contribution is 2.02. The third-order valence-corrected chi connectivity index (χ3v) is 2.03. The van der Waals surface area contributed by atoms with E-state index in [2.05, 4.69) is 0 Å². The first-order chi connectivity index (χ1) is 6.77. The molecule has 1 rings (SSSR count). The van der Waals surface area contributed by atoms with Crippen LogP contribution < -0.4 is 0 Å². The van der Waals surface area contributed by atoms with Crippen LogP contribution in [0.2, 0.25) is 0 Å². The SMILES string of the molecule is CCN(CCO)CC(=O)c1ccco1. The van der Waals surface area contributed by atoms with E-state index in [4.69, 9.17) is 9.52 Å². The van der Waals surface area contributed by atoms with E-state index in [0.29, 0.717) is 18.8 Å². The van der Waals surface area contributed by atoms with Gasteiger partial charge in [0.2, 0.25) is 5.78 Å². The number of carbonyl (C=O) groups excluding carboxylic acids is 1. The molecule has 0 unspecified atom stereocenters. The Morgan fingerprint density at radius 1 is 1.64 bits per heavy atom. The van der Waals surface area contributed by atoms with Crippen LogP contribution in [0.15, 0.2) is 22.8 Å². The molecule has 0 aromatic carbocycles. The summed E-state index contributed by atoms with van der Waals surface area (Å²) in [5.74, 6) is 0.326. The summed E-state index contributed by atoms with van der Waals surface area (Å²) in [4.78, 5) is 13.4. The topological polar surface area (TPSA) is 53.7 Å². The van der Waals surface area contributed by atoms with Gasteiger partial charge >= 0.3 is 0 Å². The van der Waals surface area contributed by atoms with Crippen LogP contribution in [0, 0.1) is 0 Å². The smallest absolute Gasteiger partial charge is 0.211 e. The summed E-state index contributed by atoms with van der Waals surface area (Å²) in [6.07, 6.45) is 1.48. The summed E-state index contributed by atoms with van der Waals surface area (Å²) in [6, 6.07) is 3.34. The Balaban J connectivity index is 2.47. The third-order valence-electron chi connectivity index (χ3n) is 2.03. The molecule has 4 nitrogen and oxygen atoms in total. The molecule has 0 fully saturated rings. The van der Waals surface area contributed by atoms with E-state index in [9.17, 15) is 4.79 Å². The average molecular weight is 197 g/mol. The first-order valence-electron chi connectivity index (χ1n) is 4.67. The number of hydrogen-bond acceptors (Lipinski definition) is 4. The summed E-state index contributed by atoms with van der Waals surface area (Å²) in [6.45, 7) is 3.57. The maximum absolute atomic E-state index is 11.5. The van der Waals surface area contributed by atoms with Gasteiger partial charge in [0.15, 0.2) is 5.76 Å². The average Bonchev–Trinajstić information content (AvgIpc) is 2.69. The predicted molar refractivity (Wildman–Crippen MR) is 52.2 cm³/mol. The second kappa shape index (κ2) is 5.57. The molecule has 0 saturated carbocycles. The van der Waals surface area contributed by atoms with E-state index in [1.165, 1.54) is 6.26 Å². The number of furan rings is 1. The number of hydrogen-bond donors (Lipinski definition) is 1. The van der Waals surface area contributed by atoms with Gasteiger partial charge < -0.3 is 9.52 Å². The molecule has 0 aliphatic rings. The van der Waals surface area contributed by atoms with Crippen molar-refractivity contribution in [2.75, 3.05) is 26.2 Å². The van der Waals surface area contributed by atoms with E-state index < -0.39 is 0 Å². The van der Waals surface area contributed by atoms with Crippen molar-refractivity contribution in [3.05, 3.63) is 24.2 Å². The largest absolute Gasteiger partial charge is 0.461 e. The van der Waals surface area contributed by atoms with E-state index in [1.807, 2.05) is 11.8 Å². The monoisotopic (exact) mass is 197 g/mol. The maximum atomic E-state index is 11.5. The highest BCUT2D eigenvalue weighted by atomic mass is 16.3. The Morgan fingerprint density at radius 2 is 2.43 bits per heavy atom. The fourth-order valence-electron chi connectivity index (χ4n) is 1.21. The van der Waals surface area contributed by atoms with Gasteiger partial charge in [-0.2, -0.15) is 0 Å². The van der Waals surface area contributed by atoms with Gasteiger partial charge in [0.25, 0.3) is 0 Å². The Labute approximate surface area is 83.1 Å². The van der Waals surface area contributed by atoms with Gasteiger partial charge in [-0.05, 0) is 18.7 Å². The van der Waals surface area contributed by atoms with Crippen LogP contribution in [0.3, 0.4) is 0 Å². The predicted octanol–water partition coefficient (Wildman–Crippen LogP) is 0.776. The molecule has 0 spiro atoms. The molecule has 4 heteroatoms. The van der Waals surface area contributed by atoms with Crippen molar-refractivity contribution < 1.29 is 14.3 Å². The number of aliphatic hydroxyl groups is 1. The summed E-state index contributed by atoms with van der Waals surface area (Å²) < 4.78 is 4.98. The molecule has 0 amide bonds. The Morgan fingerprint density at radius 3 is 2.93 bits per heavy atom. The minimum absolute atomic E-state index is 0.0506. The van der Waals surface area contributed by atoms with Crippen LogP contribution in [0.25, 0.3) is 0 Å². The van der Waals surface area contributed by atoms with Gasteiger partial charge in [-0.25, -0.2) is 0 Å². The van der Waals surface area contributed by atoms with E-state index in [1.54, 1.807) is 12.1 Å². The molecule has 0 atom stereocenters. The normalized spacial score (nSPS) is 10.8. The number of nitrogens with zero attached hydrogens (tertiary/aromatic N) is 1. The van der Waals surface area contributed by atoms with Crippen molar-refractivity contribution in [1.29, 1.82) is 0 Å². The van der Waals surface area contributed by atoms with Gasteiger partial charge in [-0.3, -0.25) is 9.69 Å². The highest BCUT2D eigenvalue weighted by Gasteiger charge is 2.12. The lowest BCUT2D eigenvalue weighted by atomic mass is 10.3. The number of aliphatic hydroxyl groups excluding tert-OH is 1. The van der Waals surface area contributed by atoms with E-state index in [0.717, 1.165) is 6.54 Å². The molecule has 0 bridgehead atoms. The summed E-state index contributed by atoms with van der Waals surface area (Å²) >= 11 is 0. The number of Topliss-reactive ketones (excluding diaryl/α,β-unsaturated/α-hetero) is 1. The fourth-order valence-corrected chi connectivity index (χ4v) is 1.21. The van der Waals surface area contributed by atoms with Crippen molar-refractivity contribution in [3.8, 4) is 0 Å². The number of rotatable bonds is 6. The number of likely N-dealkylation sites (N-methyl/N-ethyl adjacent to an activating group) is 1. The zero-order chi connectivity index (χ0) is 10.4. The summed E-state index contributed by atoms with van der Waals surface area (Å²) in [7, 11) is 0. The lowest BCUT2D eigenvalue weighted by Gasteiger charge is -2.16. The van der Waals surface area contributed by atoms with Crippen molar-refractivity contribution in [2.24, 2.45) is 0 Å². The van der Waals surface area contributed by atoms with Gasteiger partial charge in [-0.1, -0.05) is 6.92 Å². The van der Waals surface area contributed by atoms with Gasteiger partial charge in [-0.15, -0.1) is 0 Å². The Hall–Kier alpha value is -1.13. The van der Waals surface area contributed by atoms with Gasteiger partial charge in [0.1, 0.15) is 0 Å². The van der Waals surface area contributed by atoms with Crippen LogP contribution in [-0.4, -0.2) is 42.0 Å². The Bertz CT molecular complexity index is 269. The highest BCUT2D eigenvalue weighted by molar-refractivity contribution is 5.94. The van der Waals surface area contributed by atoms with Crippen LogP contribution in [0.5, 0.6) is 0 Å². The van der Waals surface area contributed by atoms with Crippen LogP contribution in [0.1, 0.15) is 17.5 Å². The van der Waals surface area contributed by atoms with Gasteiger partial charge in [0, 0.05) is 6.54 Å². The molecule has 1 heterocycles. The lowest BCUT2D eigenvalue weighted by molar-refractivity contribution is 0.0892. The lowest BCUT2D eigenvalue weighted by Crippen LogP contribution is -2.32.